The second kappa shape index (κ2) is 6.97. The number of nitrogens with one attached hydrogen (secondary N) is 2. The largest absolute Gasteiger partial charge is 0.454 e. The number of hydrogen-bond donors (Lipinski definition) is 2. The average Bonchev–Trinajstić information content (AvgIpc) is 2.91. The van der Waals surface area contributed by atoms with Crippen LogP contribution in [-0.2, 0) is 4.79 Å². The normalized spacial score (nSPS) is 12.3. The van der Waals surface area contributed by atoms with E-state index in [1.807, 2.05) is 0 Å². The molecule has 2 N–H and O–H groups in total. The highest BCUT2D eigenvalue weighted by atomic mass is 16.7. The molecule has 114 valence electrons. The summed E-state index contributed by atoms with van der Waals surface area (Å²) in [5.41, 5.74) is 0.439. The molecule has 0 spiro atoms. The van der Waals surface area contributed by atoms with Gasteiger partial charge in [-0.05, 0) is 30.5 Å². The van der Waals surface area contributed by atoms with Gasteiger partial charge in [-0.15, -0.1) is 0 Å². The minimum absolute atomic E-state index is 0.0363. The number of amides is 2. The molecule has 0 aliphatic carbocycles. The Morgan fingerprint density at radius 2 is 1.95 bits per heavy atom. The summed E-state index contributed by atoms with van der Waals surface area (Å²) in [7, 11) is 0. The van der Waals surface area contributed by atoms with E-state index >= 15 is 0 Å². The summed E-state index contributed by atoms with van der Waals surface area (Å²) in [6, 6.07) is 4.92. The predicted molar refractivity (Wildman–Crippen MR) is 77.4 cm³/mol. The molecule has 0 atom stereocenters. The van der Waals surface area contributed by atoms with Gasteiger partial charge in [-0.1, -0.05) is 13.8 Å². The van der Waals surface area contributed by atoms with Gasteiger partial charge >= 0.3 is 0 Å². The topological polar surface area (TPSA) is 76.7 Å². The Balaban J connectivity index is 1.78. The third kappa shape index (κ3) is 4.37. The number of ether oxygens (including phenoxy) is 2. The van der Waals surface area contributed by atoms with Gasteiger partial charge in [-0.25, -0.2) is 0 Å². The van der Waals surface area contributed by atoms with Crippen LogP contribution in [0.3, 0.4) is 0 Å². The molecular weight excluding hydrogens is 272 g/mol. The molecule has 1 heterocycles. The van der Waals surface area contributed by atoms with E-state index in [0.29, 0.717) is 29.5 Å². The highest BCUT2D eigenvalue weighted by molar-refractivity contribution is 5.97. The standard InChI is InChI=1S/C15H20N2O4/c1-10(2)5-6-16-14(18)8-17-15(19)11-3-4-12-13(7-11)21-9-20-12/h3-4,7,10H,5-6,8-9H2,1-2H3,(H,16,18)(H,17,19). The summed E-state index contributed by atoms with van der Waals surface area (Å²) in [6.07, 6.45) is 0.918. The molecular formula is C15H20N2O4. The third-order valence-electron chi connectivity index (χ3n) is 3.09. The van der Waals surface area contributed by atoms with Crippen molar-refractivity contribution in [1.29, 1.82) is 0 Å². The second-order valence-electron chi connectivity index (χ2n) is 5.28. The maximum Gasteiger partial charge on any atom is 0.251 e. The molecule has 0 aromatic heterocycles. The lowest BCUT2D eigenvalue weighted by Gasteiger charge is -2.08. The fourth-order valence-corrected chi connectivity index (χ4v) is 1.86. The van der Waals surface area contributed by atoms with Crippen LogP contribution in [0.4, 0.5) is 0 Å². The van der Waals surface area contributed by atoms with Crippen molar-refractivity contribution in [1.82, 2.24) is 10.6 Å². The Morgan fingerprint density at radius 3 is 2.71 bits per heavy atom. The number of carbonyl (C=O) groups is 2. The van der Waals surface area contributed by atoms with Gasteiger partial charge < -0.3 is 20.1 Å². The monoisotopic (exact) mass is 292 g/mol. The zero-order chi connectivity index (χ0) is 15.2. The zero-order valence-corrected chi connectivity index (χ0v) is 12.3. The summed E-state index contributed by atoms with van der Waals surface area (Å²) >= 11 is 0. The van der Waals surface area contributed by atoms with E-state index in [0.717, 1.165) is 6.42 Å². The highest BCUT2D eigenvalue weighted by Gasteiger charge is 2.16. The Morgan fingerprint density at radius 1 is 1.19 bits per heavy atom. The van der Waals surface area contributed by atoms with Crippen LogP contribution in [-0.4, -0.2) is 31.7 Å². The molecule has 0 saturated carbocycles. The number of carbonyl (C=O) groups excluding carboxylic acids is 2. The first-order chi connectivity index (χ1) is 10.1. The molecule has 0 bridgehead atoms. The Kier molecular flexibility index (Phi) is 5.03. The lowest BCUT2D eigenvalue weighted by molar-refractivity contribution is -0.120. The third-order valence-corrected chi connectivity index (χ3v) is 3.09. The Labute approximate surface area is 123 Å². The van der Waals surface area contributed by atoms with E-state index in [9.17, 15) is 9.59 Å². The van der Waals surface area contributed by atoms with Crippen LogP contribution in [0.2, 0.25) is 0 Å². The minimum Gasteiger partial charge on any atom is -0.454 e. The SMILES string of the molecule is CC(C)CCNC(=O)CNC(=O)c1ccc2c(c1)OCO2. The van der Waals surface area contributed by atoms with E-state index in [1.165, 1.54) is 0 Å². The summed E-state index contributed by atoms with van der Waals surface area (Å²) < 4.78 is 10.4. The van der Waals surface area contributed by atoms with E-state index in [-0.39, 0.29) is 25.2 Å². The van der Waals surface area contributed by atoms with Crippen molar-refractivity contribution in [3.63, 3.8) is 0 Å². The van der Waals surface area contributed by atoms with Crippen molar-refractivity contribution in [2.24, 2.45) is 5.92 Å². The number of rotatable bonds is 6. The van der Waals surface area contributed by atoms with Crippen molar-refractivity contribution in [2.45, 2.75) is 20.3 Å². The van der Waals surface area contributed by atoms with Crippen LogP contribution in [0.1, 0.15) is 30.6 Å². The second-order valence-corrected chi connectivity index (χ2v) is 5.28. The lowest BCUT2D eigenvalue weighted by Crippen LogP contribution is -2.37. The van der Waals surface area contributed by atoms with Crippen LogP contribution in [0.25, 0.3) is 0 Å². The van der Waals surface area contributed by atoms with E-state index in [1.54, 1.807) is 18.2 Å². The van der Waals surface area contributed by atoms with Crippen molar-refractivity contribution < 1.29 is 19.1 Å². The smallest absolute Gasteiger partial charge is 0.251 e. The molecule has 1 aliphatic heterocycles. The van der Waals surface area contributed by atoms with E-state index in [4.69, 9.17) is 9.47 Å². The first-order valence-electron chi connectivity index (χ1n) is 7.01. The van der Waals surface area contributed by atoms with Gasteiger partial charge in [0.15, 0.2) is 11.5 Å². The maximum atomic E-state index is 11.9. The maximum absolute atomic E-state index is 11.9. The van der Waals surface area contributed by atoms with Crippen molar-refractivity contribution in [3.05, 3.63) is 23.8 Å². The summed E-state index contributed by atoms with van der Waals surface area (Å²) in [6.45, 7) is 4.93. The molecule has 6 nitrogen and oxygen atoms in total. The predicted octanol–water partition coefficient (Wildman–Crippen LogP) is 1.31. The van der Waals surface area contributed by atoms with Gasteiger partial charge in [0.25, 0.3) is 5.91 Å². The minimum atomic E-state index is -0.313. The lowest BCUT2D eigenvalue weighted by atomic mass is 10.1. The molecule has 21 heavy (non-hydrogen) atoms. The van der Waals surface area contributed by atoms with Crippen molar-refractivity contribution in [3.8, 4) is 11.5 Å². The van der Waals surface area contributed by atoms with Crippen molar-refractivity contribution in [2.75, 3.05) is 19.9 Å². The quantitative estimate of drug-likeness (QED) is 0.829. The molecule has 2 rings (SSSR count). The summed E-state index contributed by atoms with van der Waals surface area (Å²) in [4.78, 5) is 23.5. The van der Waals surface area contributed by atoms with E-state index < -0.39 is 0 Å². The number of benzene rings is 1. The van der Waals surface area contributed by atoms with Crippen molar-refractivity contribution >= 4 is 11.8 Å². The van der Waals surface area contributed by atoms with Gasteiger partial charge in [0.2, 0.25) is 12.7 Å². The molecule has 6 heteroatoms. The highest BCUT2D eigenvalue weighted by Crippen LogP contribution is 2.32. The fourth-order valence-electron chi connectivity index (χ4n) is 1.86. The molecule has 0 radical (unpaired) electrons. The summed E-state index contributed by atoms with van der Waals surface area (Å²) in [5, 5.41) is 5.34. The Hall–Kier alpha value is -2.24. The Bertz CT molecular complexity index is 528. The fraction of sp³-hybridized carbons (Fsp3) is 0.467. The molecule has 1 aromatic carbocycles. The first-order valence-corrected chi connectivity index (χ1v) is 7.01. The molecule has 2 amide bonds. The average molecular weight is 292 g/mol. The van der Waals surface area contributed by atoms with Gasteiger partial charge in [0.05, 0.1) is 6.54 Å². The van der Waals surface area contributed by atoms with Crippen LogP contribution in [0, 0.1) is 5.92 Å². The molecule has 1 aliphatic rings. The van der Waals surface area contributed by atoms with E-state index in [2.05, 4.69) is 24.5 Å². The zero-order valence-electron chi connectivity index (χ0n) is 12.3. The number of hydrogen-bond acceptors (Lipinski definition) is 4. The van der Waals surface area contributed by atoms with Gasteiger partial charge in [-0.2, -0.15) is 0 Å². The first kappa shape index (κ1) is 15.2. The van der Waals surface area contributed by atoms with Gasteiger partial charge in [0, 0.05) is 12.1 Å². The van der Waals surface area contributed by atoms with Crippen LogP contribution in [0.5, 0.6) is 11.5 Å². The molecule has 0 saturated heterocycles. The van der Waals surface area contributed by atoms with Gasteiger partial charge in [0.1, 0.15) is 0 Å². The van der Waals surface area contributed by atoms with Crippen LogP contribution < -0.4 is 20.1 Å². The van der Waals surface area contributed by atoms with Crippen LogP contribution in [0.15, 0.2) is 18.2 Å². The molecule has 0 unspecified atom stereocenters. The van der Waals surface area contributed by atoms with Crippen LogP contribution >= 0.6 is 0 Å². The molecule has 1 aromatic rings. The number of fused-ring (bicyclic) bond motifs is 1. The summed E-state index contributed by atoms with van der Waals surface area (Å²) in [5.74, 6) is 1.20. The van der Waals surface area contributed by atoms with Gasteiger partial charge in [-0.3, -0.25) is 9.59 Å². The molecule has 0 fully saturated rings.